The van der Waals surface area contributed by atoms with Crippen molar-refractivity contribution in [1.82, 2.24) is 4.98 Å². The number of halogens is 2. The summed E-state index contributed by atoms with van der Waals surface area (Å²) in [4.78, 5) is 6.20. The van der Waals surface area contributed by atoms with Gasteiger partial charge in [-0.3, -0.25) is 0 Å². The second-order valence-corrected chi connectivity index (χ2v) is 9.51. The fourth-order valence-electron chi connectivity index (χ4n) is 3.36. The van der Waals surface area contributed by atoms with Gasteiger partial charge in [-0.05, 0) is 55.2 Å². The molecule has 0 saturated carbocycles. The first-order valence-corrected chi connectivity index (χ1v) is 11.2. The van der Waals surface area contributed by atoms with Crippen LogP contribution in [0.5, 0.6) is 0 Å². The molecule has 152 valence electrons. The molecule has 1 aliphatic rings. The van der Waals surface area contributed by atoms with Gasteiger partial charge in [0.1, 0.15) is 5.82 Å². The van der Waals surface area contributed by atoms with Crippen molar-refractivity contribution in [2.24, 2.45) is 5.92 Å². The highest BCUT2D eigenvalue weighted by atomic mass is 35.5. The maximum absolute atomic E-state index is 13.3. The zero-order valence-corrected chi connectivity index (χ0v) is 17.4. The van der Waals surface area contributed by atoms with Gasteiger partial charge in [-0.25, -0.2) is 12.8 Å². The molecule has 1 fully saturated rings. The molecule has 1 aliphatic heterocycles. The largest absolute Gasteiger partial charge is 0.419 e. The minimum Gasteiger partial charge on any atom is -0.419 e. The molecule has 3 aromatic rings. The summed E-state index contributed by atoms with van der Waals surface area (Å²) in [6.45, 7) is 3.51. The lowest BCUT2D eigenvalue weighted by Crippen LogP contribution is -2.33. The average molecular weight is 435 g/mol. The Morgan fingerprint density at radius 1 is 1.10 bits per heavy atom. The van der Waals surface area contributed by atoms with Gasteiger partial charge < -0.3 is 9.32 Å². The Morgan fingerprint density at radius 3 is 2.41 bits per heavy atom. The summed E-state index contributed by atoms with van der Waals surface area (Å²) in [6.07, 6.45) is 1.86. The Labute approximate surface area is 174 Å². The first-order chi connectivity index (χ1) is 13.9. The Kier molecular flexibility index (Phi) is 5.36. The SMILES string of the molecule is CC1CCN(c2oc(-c3ccccc3Cl)nc2S(=O)(=O)c2ccc(F)cc2)CC1. The van der Waals surface area contributed by atoms with Crippen molar-refractivity contribution in [1.29, 1.82) is 0 Å². The van der Waals surface area contributed by atoms with E-state index < -0.39 is 15.7 Å². The van der Waals surface area contributed by atoms with Gasteiger partial charge >= 0.3 is 0 Å². The maximum atomic E-state index is 13.3. The van der Waals surface area contributed by atoms with Gasteiger partial charge in [0.25, 0.3) is 0 Å². The molecule has 8 heteroatoms. The van der Waals surface area contributed by atoms with Crippen molar-refractivity contribution >= 4 is 27.3 Å². The topological polar surface area (TPSA) is 63.4 Å². The Bertz CT molecular complexity index is 1120. The number of anilines is 1. The molecular weight excluding hydrogens is 415 g/mol. The van der Waals surface area contributed by atoms with E-state index in [2.05, 4.69) is 11.9 Å². The summed E-state index contributed by atoms with van der Waals surface area (Å²) >= 11 is 6.27. The predicted octanol–water partition coefficient (Wildman–Crippen LogP) is 5.20. The van der Waals surface area contributed by atoms with Crippen LogP contribution in [0.15, 0.2) is 62.9 Å². The summed E-state index contributed by atoms with van der Waals surface area (Å²) in [5.41, 5.74) is 0.515. The molecule has 2 heterocycles. The molecule has 0 radical (unpaired) electrons. The van der Waals surface area contributed by atoms with E-state index >= 15 is 0 Å². The molecule has 0 N–H and O–H groups in total. The molecule has 4 rings (SSSR count). The van der Waals surface area contributed by atoms with Crippen LogP contribution >= 0.6 is 11.6 Å². The lowest BCUT2D eigenvalue weighted by molar-refractivity contribution is 0.416. The van der Waals surface area contributed by atoms with Gasteiger partial charge in [0.2, 0.25) is 26.6 Å². The summed E-state index contributed by atoms with van der Waals surface area (Å²) in [5.74, 6) is 0.404. The quantitative estimate of drug-likeness (QED) is 0.528. The number of hydrogen-bond donors (Lipinski definition) is 0. The van der Waals surface area contributed by atoms with E-state index in [1.807, 2.05) is 4.90 Å². The smallest absolute Gasteiger partial charge is 0.236 e. The lowest BCUT2D eigenvalue weighted by Gasteiger charge is -2.30. The minimum atomic E-state index is -4.01. The first kappa shape index (κ1) is 19.9. The van der Waals surface area contributed by atoms with E-state index in [0.717, 1.165) is 25.0 Å². The van der Waals surface area contributed by atoms with E-state index in [1.54, 1.807) is 24.3 Å². The predicted molar refractivity (Wildman–Crippen MR) is 109 cm³/mol. The highest BCUT2D eigenvalue weighted by molar-refractivity contribution is 7.91. The normalized spacial score (nSPS) is 15.6. The van der Waals surface area contributed by atoms with Crippen LogP contribution in [0, 0.1) is 11.7 Å². The molecule has 29 heavy (non-hydrogen) atoms. The van der Waals surface area contributed by atoms with Crippen molar-refractivity contribution in [3.8, 4) is 11.5 Å². The van der Waals surface area contributed by atoms with Crippen LogP contribution in [-0.4, -0.2) is 26.5 Å². The fourth-order valence-corrected chi connectivity index (χ4v) is 4.90. The third kappa shape index (κ3) is 3.89. The summed E-state index contributed by atoms with van der Waals surface area (Å²) in [5, 5.41) is 0.242. The van der Waals surface area contributed by atoms with Gasteiger partial charge in [-0.2, -0.15) is 4.98 Å². The van der Waals surface area contributed by atoms with Gasteiger partial charge in [0.05, 0.1) is 15.5 Å². The van der Waals surface area contributed by atoms with Gasteiger partial charge in [-0.1, -0.05) is 30.7 Å². The highest BCUT2D eigenvalue weighted by Crippen LogP contribution is 2.38. The monoisotopic (exact) mass is 434 g/mol. The van der Waals surface area contributed by atoms with Crippen LogP contribution in [-0.2, 0) is 9.84 Å². The van der Waals surface area contributed by atoms with E-state index in [4.69, 9.17) is 16.0 Å². The number of hydrogen-bond acceptors (Lipinski definition) is 5. The van der Waals surface area contributed by atoms with Crippen molar-refractivity contribution in [2.75, 3.05) is 18.0 Å². The molecule has 1 aromatic heterocycles. The number of benzene rings is 2. The molecule has 0 aliphatic carbocycles. The van der Waals surface area contributed by atoms with Crippen molar-refractivity contribution in [2.45, 2.75) is 29.7 Å². The molecule has 0 bridgehead atoms. The number of aromatic nitrogens is 1. The second-order valence-electron chi connectivity index (χ2n) is 7.24. The number of sulfone groups is 1. The first-order valence-electron chi connectivity index (χ1n) is 9.37. The van der Waals surface area contributed by atoms with Crippen molar-refractivity contribution in [3.05, 3.63) is 59.4 Å². The van der Waals surface area contributed by atoms with E-state index in [1.165, 1.54) is 12.1 Å². The molecular formula is C21H20ClFN2O3S. The number of piperidine rings is 1. The van der Waals surface area contributed by atoms with E-state index in [-0.39, 0.29) is 21.7 Å². The Morgan fingerprint density at radius 2 is 1.76 bits per heavy atom. The van der Waals surface area contributed by atoms with Gasteiger partial charge in [-0.15, -0.1) is 0 Å². The molecule has 2 aromatic carbocycles. The third-order valence-electron chi connectivity index (χ3n) is 5.13. The molecule has 0 unspecified atom stereocenters. The van der Waals surface area contributed by atoms with Crippen LogP contribution in [0.25, 0.3) is 11.5 Å². The number of oxazole rings is 1. The molecule has 0 spiro atoms. The molecule has 0 atom stereocenters. The van der Waals surface area contributed by atoms with Crippen LogP contribution in [0.1, 0.15) is 19.8 Å². The van der Waals surface area contributed by atoms with Crippen LogP contribution < -0.4 is 4.90 Å². The maximum Gasteiger partial charge on any atom is 0.236 e. The van der Waals surface area contributed by atoms with Crippen LogP contribution in [0.4, 0.5) is 10.3 Å². The van der Waals surface area contributed by atoms with E-state index in [0.29, 0.717) is 29.6 Å². The molecule has 5 nitrogen and oxygen atoms in total. The van der Waals surface area contributed by atoms with Crippen molar-refractivity contribution in [3.63, 3.8) is 0 Å². The second kappa shape index (κ2) is 7.80. The van der Waals surface area contributed by atoms with E-state index in [9.17, 15) is 12.8 Å². The Hall–Kier alpha value is -2.38. The third-order valence-corrected chi connectivity index (χ3v) is 7.13. The van der Waals surface area contributed by atoms with Crippen molar-refractivity contribution < 1.29 is 17.2 Å². The fraction of sp³-hybridized carbons (Fsp3) is 0.286. The number of nitrogens with zero attached hydrogens (tertiary/aromatic N) is 2. The Balaban J connectivity index is 1.85. The average Bonchev–Trinajstić information content (AvgIpc) is 3.15. The van der Waals surface area contributed by atoms with Gasteiger partial charge in [0, 0.05) is 13.1 Å². The van der Waals surface area contributed by atoms with Gasteiger partial charge in [0.15, 0.2) is 0 Å². The molecule has 0 amide bonds. The minimum absolute atomic E-state index is 0.0375. The zero-order valence-electron chi connectivity index (χ0n) is 15.8. The highest BCUT2D eigenvalue weighted by Gasteiger charge is 2.33. The lowest BCUT2D eigenvalue weighted by atomic mass is 9.99. The van der Waals surface area contributed by atoms with Crippen LogP contribution in [0.3, 0.4) is 0 Å². The standard InChI is InChI=1S/C21H20ClFN2O3S/c1-14-10-12-25(13-11-14)21-20(29(26,27)16-8-6-15(23)7-9-16)24-19(28-21)17-4-2-3-5-18(17)22/h2-9,14H,10-13H2,1H3. The van der Waals surface area contributed by atoms with Crippen LogP contribution in [0.2, 0.25) is 5.02 Å². The summed E-state index contributed by atoms with van der Waals surface area (Å²) < 4.78 is 45.9. The summed E-state index contributed by atoms with van der Waals surface area (Å²) in [6, 6.07) is 11.7. The summed E-state index contributed by atoms with van der Waals surface area (Å²) in [7, 11) is -4.01. The number of rotatable bonds is 4. The molecule has 1 saturated heterocycles. The zero-order chi connectivity index (χ0) is 20.6.